The van der Waals surface area contributed by atoms with Crippen molar-refractivity contribution in [3.63, 3.8) is 0 Å². The van der Waals surface area contributed by atoms with Crippen molar-refractivity contribution in [3.8, 4) is 11.1 Å². The molecule has 0 fully saturated rings. The Morgan fingerprint density at radius 1 is 0.969 bits per heavy atom. The van der Waals surface area contributed by atoms with Crippen molar-refractivity contribution in [1.82, 2.24) is 9.13 Å². The smallest absolute Gasteiger partial charge is 0.354 e. The van der Waals surface area contributed by atoms with E-state index >= 15 is 0 Å². The number of nitrogens with zero attached hydrogens (tertiary/aromatic N) is 2. The highest BCUT2D eigenvalue weighted by Gasteiger charge is 2.26. The minimum absolute atomic E-state index is 0.0606. The minimum Gasteiger partial charge on any atom is -0.478 e. The van der Waals surface area contributed by atoms with Crippen molar-refractivity contribution in [2.45, 2.75) is 52.6 Å². The lowest BCUT2D eigenvalue weighted by atomic mass is 9.99. The molecule has 1 heterocycles. The molecule has 0 amide bonds. The standard InChI is InChI=1S/C25H28N2O5/c1-4-5-10-21-22(24(30)31)27(16(2)3)25(32)26(21)15-17-11-13-18(14-12-17)19-8-6-7-9-20(19)23(28)29/h6-9,11-14,16H,4-5,10,15H2,1-3H3,(H,28,29)(H,30,31). The van der Waals surface area contributed by atoms with Gasteiger partial charge in [-0.1, -0.05) is 55.8 Å². The topological polar surface area (TPSA) is 102 Å². The van der Waals surface area contributed by atoms with Gasteiger partial charge in [-0.15, -0.1) is 0 Å². The first-order valence-corrected chi connectivity index (χ1v) is 10.7. The zero-order chi connectivity index (χ0) is 23.4. The molecular formula is C25H28N2O5. The summed E-state index contributed by atoms with van der Waals surface area (Å²) in [6, 6.07) is 13.9. The molecule has 1 aromatic heterocycles. The van der Waals surface area contributed by atoms with Gasteiger partial charge in [-0.25, -0.2) is 14.4 Å². The first-order valence-electron chi connectivity index (χ1n) is 10.7. The van der Waals surface area contributed by atoms with E-state index in [1.165, 1.54) is 4.57 Å². The fourth-order valence-electron chi connectivity index (χ4n) is 3.97. The first kappa shape index (κ1) is 23.1. The van der Waals surface area contributed by atoms with Gasteiger partial charge in [0, 0.05) is 6.04 Å². The molecule has 7 nitrogen and oxygen atoms in total. The molecule has 32 heavy (non-hydrogen) atoms. The maximum absolute atomic E-state index is 13.1. The lowest BCUT2D eigenvalue weighted by molar-refractivity contribution is 0.0676. The van der Waals surface area contributed by atoms with Crippen molar-refractivity contribution in [1.29, 1.82) is 0 Å². The van der Waals surface area contributed by atoms with Crippen LogP contribution < -0.4 is 5.69 Å². The highest BCUT2D eigenvalue weighted by atomic mass is 16.4. The summed E-state index contributed by atoms with van der Waals surface area (Å²) in [5, 5.41) is 19.2. The van der Waals surface area contributed by atoms with Gasteiger partial charge < -0.3 is 10.2 Å². The fraction of sp³-hybridized carbons (Fsp3) is 0.320. The Hall–Kier alpha value is -3.61. The number of hydrogen-bond acceptors (Lipinski definition) is 3. The van der Waals surface area contributed by atoms with Gasteiger partial charge in [-0.3, -0.25) is 9.13 Å². The average molecular weight is 437 g/mol. The summed E-state index contributed by atoms with van der Waals surface area (Å²) in [5.74, 6) is -2.09. The SMILES string of the molecule is CCCCc1c(C(=O)O)n(C(C)C)c(=O)n1Cc1ccc(-c2ccccc2C(=O)O)cc1. The van der Waals surface area contributed by atoms with Crippen molar-refractivity contribution < 1.29 is 19.8 Å². The molecule has 0 unspecified atom stereocenters. The van der Waals surface area contributed by atoms with Gasteiger partial charge in [0.05, 0.1) is 17.8 Å². The van der Waals surface area contributed by atoms with Gasteiger partial charge in [0.25, 0.3) is 0 Å². The van der Waals surface area contributed by atoms with Gasteiger partial charge in [-0.05, 0) is 49.4 Å². The molecule has 2 N–H and O–H groups in total. The van der Waals surface area contributed by atoms with Crippen LogP contribution in [0.1, 0.15) is 71.8 Å². The van der Waals surface area contributed by atoms with Crippen LogP contribution in [0.4, 0.5) is 0 Å². The number of carboxylic acids is 2. The lowest BCUT2D eigenvalue weighted by Crippen LogP contribution is -2.27. The molecule has 3 aromatic rings. The van der Waals surface area contributed by atoms with Crippen LogP contribution in [0.25, 0.3) is 11.1 Å². The molecule has 7 heteroatoms. The second kappa shape index (κ2) is 9.68. The van der Waals surface area contributed by atoms with Crippen molar-refractivity contribution >= 4 is 11.9 Å². The summed E-state index contributed by atoms with van der Waals surface area (Å²) in [4.78, 5) is 36.6. The van der Waals surface area contributed by atoms with Crippen LogP contribution in [0.5, 0.6) is 0 Å². The minimum atomic E-state index is -1.10. The highest BCUT2D eigenvalue weighted by Crippen LogP contribution is 2.25. The third-order valence-electron chi connectivity index (χ3n) is 5.53. The van der Waals surface area contributed by atoms with E-state index in [0.29, 0.717) is 17.7 Å². The number of aromatic nitrogens is 2. The van der Waals surface area contributed by atoms with Gasteiger partial charge in [-0.2, -0.15) is 0 Å². The van der Waals surface area contributed by atoms with E-state index in [-0.39, 0.29) is 29.5 Å². The molecule has 0 saturated heterocycles. The zero-order valence-electron chi connectivity index (χ0n) is 18.5. The summed E-state index contributed by atoms with van der Waals surface area (Å²) >= 11 is 0. The second-order valence-electron chi connectivity index (χ2n) is 8.08. The van der Waals surface area contributed by atoms with Crippen LogP contribution in [0.2, 0.25) is 0 Å². The van der Waals surface area contributed by atoms with Gasteiger partial charge in [0.15, 0.2) is 5.69 Å². The first-order chi connectivity index (χ1) is 15.3. The fourth-order valence-corrected chi connectivity index (χ4v) is 3.97. The third-order valence-corrected chi connectivity index (χ3v) is 5.53. The number of benzene rings is 2. The van der Waals surface area contributed by atoms with Crippen LogP contribution in [-0.2, 0) is 13.0 Å². The van der Waals surface area contributed by atoms with Gasteiger partial charge in [0.2, 0.25) is 0 Å². The molecule has 0 aliphatic carbocycles. The number of carbonyl (C=O) groups is 2. The van der Waals surface area contributed by atoms with Crippen molar-refractivity contribution in [2.24, 2.45) is 0 Å². The Morgan fingerprint density at radius 3 is 2.19 bits per heavy atom. The summed E-state index contributed by atoms with van der Waals surface area (Å²) in [6.45, 7) is 5.88. The number of aromatic carboxylic acids is 2. The Balaban J connectivity index is 2.02. The third kappa shape index (κ3) is 4.51. The average Bonchev–Trinajstić information content (AvgIpc) is 3.04. The summed E-state index contributed by atoms with van der Waals surface area (Å²) in [5.41, 5.74) is 2.70. The van der Waals surface area contributed by atoms with Crippen LogP contribution >= 0.6 is 0 Å². The van der Waals surface area contributed by atoms with Crippen LogP contribution in [-0.4, -0.2) is 31.3 Å². The van der Waals surface area contributed by atoms with Crippen LogP contribution in [0, 0.1) is 0 Å². The Labute approximate surface area is 186 Å². The molecule has 0 radical (unpaired) electrons. The molecule has 0 aliphatic rings. The monoisotopic (exact) mass is 436 g/mol. The molecule has 2 aromatic carbocycles. The van der Waals surface area contributed by atoms with Crippen molar-refractivity contribution in [3.05, 3.63) is 81.5 Å². The predicted molar refractivity (Wildman–Crippen MR) is 123 cm³/mol. The molecule has 168 valence electrons. The normalized spacial score (nSPS) is 11.1. The molecule has 3 rings (SSSR count). The van der Waals surface area contributed by atoms with Gasteiger partial charge >= 0.3 is 17.6 Å². The maximum atomic E-state index is 13.1. The molecule has 0 bridgehead atoms. The molecule has 0 spiro atoms. The van der Waals surface area contributed by atoms with E-state index in [9.17, 15) is 24.6 Å². The quantitative estimate of drug-likeness (QED) is 0.507. The molecule has 0 saturated carbocycles. The lowest BCUT2D eigenvalue weighted by Gasteiger charge is -2.10. The largest absolute Gasteiger partial charge is 0.478 e. The van der Waals surface area contributed by atoms with E-state index in [1.54, 1.807) is 42.7 Å². The Bertz CT molecular complexity index is 1190. The van der Waals surface area contributed by atoms with Crippen LogP contribution in [0.3, 0.4) is 0 Å². The zero-order valence-corrected chi connectivity index (χ0v) is 18.5. The molecular weight excluding hydrogens is 408 g/mol. The summed E-state index contributed by atoms with van der Waals surface area (Å²) in [7, 11) is 0. The maximum Gasteiger partial charge on any atom is 0.354 e. The Kier molecular flexibility index (Phi) is 6.98. The van der Waals surface area contributed by atoms with Crippen LogP contribution in [0.15, 0.2) is 53.3 Å². The number of imidazole rings is 1. The predicted octanol–water partition coefficient (Wildman–Crippen LogP) is 4.69. The molecule has 0 aliphatic heterocycles. The number of hydrogen-bond donors (Lipinski definition) is 2. The number of rotatable bonds is 9. The van der Waals surface area contributed by atoms with Gasteiger partial charge in [0.1, 0.15) is 0 Å². The van der Waals surface area contributed by atoms with E-state index in [2.05, 4.69) is 0 Å². The summed E-state index contributed by atoms with van der Waals surface area (Å²) < 4.78 is 2.91. The second-order valence-corrected chi connectivity index (χ2v) is 8.08. The molecule has 0 atom stereocenters. The number of carboxylic acid groups (broad SMARTS) is 2. The van der Waals surface area contributed by atoms with E-state index in [0.717, 1.165) is 24.0 Å². The van der Waals surface area contributed by atoms with Crippen molar-refractivity contribution in [2.75, 3.05) is 0 Å². The van der Waals surface area contributed by atoms with E-state index in [4.69, 9.17) is 0 Å². The number of unbranched alkanes of at least 4 members (excludes halogenated alkanes) is 1. The van der Waals surface area contributed by atoms with E-state index < -0.39 is 11.9 Å². The van der Waals surface area contributed by atoms with E-state index in [1.807, 2.05) is 31.2 Å². The highest BCUT2D eigenvalue weighted by molar-refractivity contribution is 5.96. The summed E-state index contributed by atoms with van der Waals surface area (Å²) in [6.07, 6.45) is 2.18. The Morgan fingerprint density at radius 2 is 1.62 bits per heavy atom.